The molecule has 2 aliphatic rings. The van der Waals surface area contributed by atoms with Crippen LogP contribution in [0, 0.1) is 44.4 Å². The van der Waals surface area contributed by atoms with Crippen LogP contribution in [0.3, 0.4) is 0 Å². The Kier molecular flexibility index (Phi) is 4.61. The predicted molar refractivity (Wildman–Crippen MR) is 128 cm³/mol. The fourth-order valence-corrected chi connectivity index (χ4v) is 5.06. The van der Waals surface area contributed by atoms with Gasteiger partial charge in [0.1, 0.15) is 11.6 Å². The molecule has 0 atom stereocenters. The first-order valence-electron chi connectivity index (χ1n) is 11.8. The fourth-order valence-electron chi connectivity index (χ4n) is 5.06. The summed E-state index contributed by atoms with van der Waals surface area (Å²) in [7, 11) is 0. The molecule has 0 amide bonds. The molecular weight excluding hydrogens is 444 g/mol. The van der Waals surface area contributed by atoms with E-state index in [0.717, 1.165) is 76.7 Å². The zero-order chi connectivity index (χ0) is 24.5. The third kappa shape index (κ3) is 3.33. The maximum atomic E-state index is 13.1. The van der Waals surface area contributed by atoms with Crippen molar-refractivity contribution in [3.63, 3.8) is 0 Å². The Morgan fingerprint density at radius 2 is 2.03 bits per heavy atom. The second-order valence-corrected chi connectivity index (χ2v) is 9.81. The first-order chi connectivity index (χ1) is 16.8. The minimum Gasteiger partial charge on any atom is -0.361 e. The Morgan fingerprint density at radius 3 is 2.71 bits per heavy atom. The van der Waals surface area contributed by atoms with Gasteiger partial charge in [-0.25, -0.2) is 13.9 Å². The van der Waals surface area contributed by atoms with E-state index in [1.807, 2.05) is 33.9 Å². The second-order valence-electron chi connectivity index (χ2n) is 9.81. The summed E-state index contributed by atoms with van der Waals surface area (Å²) in [5.41, 5.74) is 6.11. The number of nitrogens with zero attached hydrogens (tertiary/aromatic N) is 8. The average molecular weight is 471 g/mol. The van der Waals surface area contributed by atoms with Crippen molar-refractivity contribution in [1.82, 2.24) is 29.3 Å². The van der Waals surface area contributed by atoms with E-state index in [9.17, 15) is 10.1 Å². The number of rotatable bonds is 4. The van der Waals surface area contributed by atoms with Crippen LogP contribution in [0.1, 0.15) is 46.8 Å². The van der Waals surface area contributed by atoms with Crippen LogP contribution in [0.2, 0.25) is 0 Å². The van der Waals surface area contributed by atoms with Crippen molar-refractivity contribution >= 4 is 11.6 Å². The fraction of sp³-hybridized carbons (Fsp3) is 0.440. The first-order valence-corrected chi connectivity index (χ1v) is 11.8. The van der Waals surface area contributed by atoms with E-state index in [1.165, 1.54) is 4.68 Å². The molecule has 0 saturated heterocycles. The van der Waals surface area contributed by atoms with Gasteiger partial charge in [-0.2, -0.15) is 10.2 Å². The Balaban J connectivity index is 1.37. The van der Waals surface area contributed by atoms with E-state index in [0.29, 0.717) is 18.9 Å². The molecule has 0 aromatic carbocycles. The van der Waals surface area contributed by atoms with Crippen molar-refractivity contribution in [2.75, 3.05) is 11.4 Å². The van der Waals surface area contributed by atoms with E-state index in [2.05, 4.69) is 27.3 Å². The Morgan fingerprint density at radius 1 is 1.23 bits per heavy atom. The van der Waals surface area contributed by atoms with Gasteiger partial charge in [-0.3, -0.25) is 4.98 Å². The molecule has 1 aliphatic carbocycles. The molecule has 35 heavy (non-hydrogen) atoms. The summed E-state index contributed by atoms with van der Waals surface area (Å²) in [4.78, 5) is 24.8. The smallest absolute Gasteiger partial charge is 0.351 e. The molecule has 178 valence electrons. The van der Waals surface area contributed by atoms with Crippen molar-refractivity contribution in [2.45, 2.75) is 60.0 Å². The van der Waals surface area contributed by atoms with Gasteiger partial charge in [-0.15, -0.1) is 5.10 Å². The van der Waals surface area contributed by atoms with Gasteiger partial charge in [0, 0.05) is 53.8 Å². The highest BCUT2D eigenvalue weighted by Gasteiger charge is 2.44. The average Bonchev–Trinajstić information content (AvgIpc) is 3.46. The summed E-state index contributed by atoms with van der Waals surface area (Å²) in [6.07, 6.45) is 4.30. The van der Waals surface area contributed by atoms with E-state index < -0.39 is 5.41 Å². The minimum absolute atomic E-state index is 0.238. The molecule has 10 heteroatoms. The lowest BCUT2D eigenvalue weighted by molar-refractivity contribution is 0.393. The van der Waals surface area contributed by atoms with Crippen LogP contribution < -0.4 is 10.6 Å². The van der Waals surface area contributed by atoms with E-state index >= 15 is 0 Å². The monoisotopic (exact) mass is 470 g/mol. The zero-order valence-electron chi connectivity index (χ0n) is 20.3. The van der Waals surface area contributed by atoms with Crippen molar-refractivity contribution < 1.29 is 4.52 Å². The number of nitriles is 1. The van der Waals surface area contributed by atoms with Gasteiger partial charge in [-0.1, -0.05) is 5.16 Å². The molecule has 10 nitrogen and oxygen atoms in total. The van der Waals surface area contributed by atoms with Crippen LogP contribution in [0.5, 0.6) is 0 Å². The van der Waals surface area contributed by atoms with E-state index in [1.54, 1.807) is 4.40 Å². The predicted octanol–water partition coefficient (Wildman–Crippen LogP) is 3.04. The molecule has 6 rings (SSSR count). The number of anilines is 1. The Labute approximate surface area is 201 Å². The SMILES string of the molecule is Cc1noc(C)c1-c1cnc2c(c1)CN(c1nc3nn(CC4(C#N)CC4)c(=O)n3c(C)c1C)CC2. The quantitative estimate of drug-likeness (QED) is 0.447. The molecule has 1 fully saturated rings. The van der Waals surface area contributed by atoms with Gasteiger partial charge in [-0.05, 0) is 52.2 Å². The van der Waals surface area contributed by atoms with Crippen LogP contribution in [0.15, 0.2) is 21.6 Å². The van der Waals surface area contributed by atoms with Gasteiger partial charge in [0.2, 0.25) is 0 Å². The molecule has 1 aliphatic heterocycles. The van der Waals surface area contributed by atoms with Gasteiger partial charge in [0.05, 0.1) is 23.7 Å². The van der Waals surface area contributed by atoms with Crippen LogP contribution in [-0.4, -0.2) is 35.9 Å². The molecule has 4 aromatic heterocycles. The van der Waals surface area contributed by atoms with Crippen molar-refractivity contribution in [3.05, 3.63) is 56.7 Å². The van der Waals surface area contributed by atoms with Gasteiger partial charge in [0.25, 0.3) is 5.78 Å². The van der Waals surface area contributed by atoms with Gasteiger partial charge in [0.15, 0.2) is 0 Å². The molecule has 1 saturated carbocycles. The van der Waals surface area contributed by atoms with Crippen LogP contribution in [0.4, 0.5) is 5.82 Å². The maximum Gasteiger partial charge on any atom is 0.351 e. The minimum atomic E-state index is -0.462. The van der Waals surface area contributed by atoms with Crippen LogP contribution >= 0.6 is 0 Å². The lowest BCUT2D eigenvalue weighted by Gasteiger charge is -2.31. The number of pyridine rings is 1. The largest absolute Gasteiger partial charge is 0.361 e. The summed E-state index contributed by atoms with van der Waals surface area (Å²) < 4.78 is 8.31. The molecule has 0 N–H and O–H groups in total. The summed E-state index contributed by atoms with van der Waals surface area (Å²) in [6, 6.07) is 4.50. The molecule has 0 radical (unpaired) electrons. The first kappa shape index (κ1) is 21.5. The van der Waals surface area contributed by atoms with Crippen molar-refractivity contribution in [2.24, 2.45) is 5.41 Å². The molecular formula is C25H26N8O2. The summed E-state index contributed by atoms with van der Waals surface area (Å²) in [5, 5.41) is 18.0. The summed E-state index contributed by atoms with van der Waals surface area (Å²) >= 11 is 0. The normalized spacial score (nSPS) is 16.4. The third-order valence-corrected chi connectivity index (χ3v) is 7.45. The summed E-state index contributed by atoms with van der Waals surface area (Å²) in [5.74, 6) is 1.97. The highest BCUT2D eigenvalue weighted by atomic mass is 16.5. The van der Waals surface area contributed by atoms with Crippen molar-refractivity contribution in [3.8, 4) is 17.2 Å². The second kappa shape index (κ2) is 7.50. The van der Waals surface area contributed by atoms with Crippen LogP contribution in [0.25, 0.3) is 16.9 Å². The number of aromatic nitrogens is 6. The standard InChI is InChI=1S/C25H26N8O2/c1-14-16(3)33-23(29-32(24(33)34)13-25(12-26)6-7-25)28-22(14)31-8-5-20-19(11-31)9-18(10-27-20)21-15(2)30-35-17(21)4/h9-10H,5-8,11,13H2,1-4H3. The number of hydrogen-bond donors (Lipinski definition) is 0. The Bertz CT molecular complexity index is 1580. The zero-order valence-corrected chi connectivity index (χ0v) is 20.3. The van der Waals surface area contributed by atoms with E-state index in [4.69, 9.17) is 14.5 Å². The molecule has 5 heterocycles. The van der Waals surface area contributed by atoms with Gasteiger partial charge < -0.3 is 9.42 Å². The lowest BCUT2D eigenvalue weighted by atomic mass is 9.99. The maximum absolute atomic E-state index is 13.1. The molecule has 0 bridgehead atoms. The summed E-state index contributed by atoms with van der Waals surface area (Å²) in [6.45, 7) is 9.51. The molecule has 0 spiro atoms. The third-order valence-electron chi connectivity index (χ3n) is 7.45. The van der Waals surface area contributed by atoms with Crippen molar-refractivity contribution in [1.29, 1.82) is 5.26 Å². The number of aryl methyl sites for hydroxylation is 3. The highest BCUT2D eigenvalue weighted by Crippen LogP contribution is 2.46. The molecule has 0 unspecified atom stereocenters. The van der Waals surface area contributed by atoms with Gasteiger partial charge >= 0.3 is 5.69 Å². The Hall–Kier alpha value is -4.00. The molecule has 4 aromatic rings. The lowest BCUT2D eigenvalue weighted by Crippen LogP contribution is -2.33. The highest BCUT2D eigenvalue weighted by molar-refractivity contribution is 5.68. The van der Waals surface area contributed by atoms with E-state index in [-0.39, 0.29) is 5.69 Å². The number of hydrogen-bond acceptors (Lipinski definition) is 8. The van der Waals surface area contributed by atoms with Crippen LogP contribution in [-0.2, 0) is 19.5 Å². The topological polar surface area (TPSA) is 118 Å². The number of fused-ring (bicyclic) bond motifs is 2.